The molecule has 0 aliphatic carbocycles. The van der Waals surface area contributed by atoms with E-state index >= 15 is 0 Å². The largest absolute Gasteiger partial charge is 0.335 e. The maximum atomic E-state index is 13.5. The van der Waals surface area contributed by atoms with Crippen LogP contribution in [0.4, 0.5) is 10.5 Å². The van der Waals surface area contributed by atoms with Crippen LogP contribution in [-0.2, 0) is 16.0 Å². The van der Waals surface area contributed by atoms with Gasteiger partial charge in [-0.2, -0.15) is 0 Å². The zero-order valence-electron chi connectivity index (χ0n) is 18.6. The van der Waals surface area contributed by atoms with E-state index < -0.39 is 17.8 Å². The quantitative estimate of drug-likeness (QED) is 0.206. The minimum atomic E-state index is -0.855. The molecule has 0 unspecified atom stereocenters. The van der Waals surface area contributed by atoms with E-state index in [2.05, 4.69) is 21.2 Å². The lowest BCUT2D eigenvalue weighted by Gasteiger charge is -2.27. The lowest BCUT2D eigenvalue weighted by molar-refractivity contribution is -0.122. The molecule has 1 N–H and O–H groups in total. The molecule has 8 heteroatoms. The van der Waals surface area contributed by atoms with E-state index in [1.54, 1.807) is 6.08 Å². The lowest BCUT2D eigenvalue weighted by atomic mass is 9.92. The van der Waals surface area contributed by atoms with Crippen LogP contribution in [0.2, 0.25) is 10.0 Å². The Morgan fingerprint density at radius 1 is 0.833 bits per heavy atom. The van der Waals surface area contributed by atoms with Gasteiger partial charge in [-0.05, 0) is 64.2 Å². The first-order valence-corrected chi connectivity index (χ1v) is 12.5. The Balaban J connectivity index is 1.65. The van der Waals surface area contributed by atoms with Crippen LogP contribution in [0.3, 0.4) is 0 Å². The highest BCUT2D eigenvalue weighted by Gasteiger charge is 2.37. The van der Waals surface area contributed by atoms with Gasteiger partial charge in [0.25, 0.3) is 11.8 Å². The molecule has 1 fully saturated rings. The summed E-state index contributed by atoms with van der Waals surface area (Å²) in [7, 11) is 0. The van der Waals surface area contributed by atoms with Crippen LogP contribution >= 0.6 is 39.1 Å². The number of barbiturate groups is 1. The SMILES string of the molecule is O=C1NC(=O)N(c2ccc(Cl)c(Cl)c2)C(=O)/C1=C/c1c(Cc2ccccc2Br)ccc2ccccc12. The zero-order valence-corrected chi connectivity index (χ0v) is 21.7. The minimum absolute atomic E-state index is 0.162. The maximum Gasteiger partial charge on any atom is 0.335 e. The van der Waals surface area contributed by atoms with Crippen molar-refractivity contribution in [1.29, 1.82) is 0 Å². The summed E-state index contributed by atoms with van der Waals surface area (Å²) in [5.74, 6) is -1.51. The van der Waals surface area contributed by atoms with Gasteiger partial charge in [0.2, 0.25) is 0 Å². The summed E-state index contributed by atoms with van der Waals surface area (Å²) in [6.07, 6.45) is 2.12. The van der Waals surface area contributed by atoms with Gasteiger partial charge in [0.15, 0.2) is 0 Å². The third-order valence-corrected chi connectivity index (χ3v) is 7.46. The molecule has 178 valence electrons. The number of halogens is 3. The fourth-order valence-electron chi connectivity index (χ4n) is 4.17. The first-order chi connectivity index (χ1) is 17.3. The second kappa shape index (κ2) is 9.90. The minimum Gasteiger partial charge on any atom is -0.273 e. The lowest BCUT2D eigenvalue weighted by Crippen LogP contribution is -2.54. The van der Waals surface area contributed by atoms with Crippen LogP contribution in [0.15, 0.2) is 88.9 Å². The van der Waals surface area contributed by atoms with Gasteiger partial charge in [0, 0.05) is 4.47 Å². The number of carbonyl (C=O) groups is 3. The van der Waals surface area contributed by atoms with E-state index in [9.17, 15) is 14.4 Å². The molecule has 4 aromatic rings. The first kappa shape index (κ1) is 24.3. The molecule has 0 aromatic heterocycles. The number of carbonyl (C=O) groups excluding carboxylic acids is 3. The van der Waals surface area contributed by atoms with Crippen LogP contribution < -0.4 is 10.2 Å². The Bertz CT molecular complexity index is 1600. The number of hydrogen-bond donors (Lipinski definition) is 1. The summed E-state index contributed by atoms with van der Waals surface area (Å²) in [5, 5.41) is 4.57. The summed E-state index contributed by atoms with van der Waals surface area (Å²) in [6.45, 7) is 0. The fraction of sp³-hybridized carbons (Fsp3) is 0.0357. The summed E-state index contributed by atoms with van der Waals surface area (Å²) < 4.78 is 0.958. The highest BCUT2D eigenvalue weighted by Crippen LogP contribution is 2.32. The summed E-state index contributed by atoms with van der Waals surface area (Å²) >= 11 is 15.7. The first-order valence-electron chi connectivity index (χ1n) is 10.9. The van der Waals surface area contributed by atoms with Crippen LogP contribution in [-0.4, -0.2) is 17.8 Å². The van der Waals surface area contributed by atoms with Crippen molar-refractivity contribution in [2.75, 3.05) is 4.90 Å². The van der Waals surface area contributed by atoms with Crippen LogP contribution in [0, 0.1) is 0 Å². The number of benzene rings is 4. The topological polar surface area (TPSA) is 66.5 Å². The van der Waals surface area contributed by atoms with Crippen LogP contribution in [0.5, 0.6) is 0 Å². The predicted octanol–water partition coefficient (Wildman–Crippen LogP) is 7.17. The average molecular weight is 580 g/mol. The normalized spacial score (nSPS) is 15.0. The Morgan fingerprint density at radius 2 is 1.58 bits per heavy atom. The molecular formula is C28H17BrCl2N2O3. The molecule has 4 aromatic carbocycles. The van der Waals surface area contributed by atoms with Gasteiger partial charge in [-0.1, -0.05) is 93.7 Å². The van der Waals surface area contributed by atoms with Crippen molar-refractivity contribution >= 4 is 79.5 Å². The average Bonchev–Trinajstić information content (AvgIpc) is 2.86. The molecule has 36 heavy (non-hydrogen) atoms. The number of nitrogens with one attached hydrogen (secondary N) is 1. The number of urea groups is 1. The van der Waals surface area contributed by atoms with E-state index in [4.69, 9.17) is 23.2 Å². The number of amides is 4. The monoisotopic (exact) mass is 578 g/mol. The molecule has 0 radical (unpaired) electrons. The molecule has 5 rings (SSSR count). The van der Waals surface area contributed by atoms with Gasteiger partial charge in [-0.15, -0.1) is 0 Å². The second-order valence-electron chi connectivity index (χ2n) is 8.18. The molecule has 0 atom stereocenters. The third kappa shape index (κ3) is 4.55. The van der Waals surface area contributed by atoms with E-state index in [0.29, 0.717) is 6.42 Å². The Hall–Kier alpha value is -3.45. The van der Waals surface area contributed by atoms with Crippen LogP contribution in [0.1, 0.15) is 16.7 Å². The molecule has 1 saturated heterocycles. The maximum absolute atomic E-state index is 13.5. The molecular weight excluding hydrogens is 563 g/mol. The van der Waals surface area contributed by atoms with Gasteiger partial charge in [-0.3, -0.25) is 14.9 Å². The molecule has 5 nitrogen and oxygen atoms in total. The summed E-state index contributed by atoms with van der Waals surface area (Å²) in [6, 6.07) is 23.1. The zero-order chi connectivity index (χ0) is 25.4. The molecule has 0 spiro atoms. The van der Waals surface area contributed by atoms with Crippen molar-refractivity contribution in [3.05, 3.63) is 116 Å². The van der Waals surface area contributed by atoms with Crippen molar-refractivity contribution in [2.24, 2.45) is 0 Å². The number of fused-ring (bicyclic) bond motifs is 1. The number of nitrogens with zero attached hydrogens (tertiary/aromatic N) is 1. The van der Waals surface area contributed by atoms with Crippen molar-refractivity contribution in [3.8, 4) is 0 Å². The van der Waals surface area contributed by atoms with Gasteiger partial charge in [-0.25, -0.2) is 9.69 Å². The summed E-state index contributed by atoms with van der Waals surface area (Å²) in [5.41, 5.74) is 2.75. The Morgan fingerprint density at radius 3 is 2.36 bits per heavy atom. The molecule has 1 aliphatic heterocycles. The van der Waals surface area contributed by atoms with Gasteiger partial charge >= 0.3 is 6.03 Å². The third-order valence-electron chi connectivity index (χ3n) is 5.95. The molecule has 1 aliphatic rings. The van der Waals surface area contributed by atoms with E-state index in [-0.39, 0.29) is 21.3 Å². The van der Waals surface area contributed by atoms with E-state index in [1.807, 2.05) is 60.7 Å². The van der Waals surface area contributed by atoms with Crippen molar-refractivity contribution in [2.45, 2.75) is 6.42 Å². The highest BCUT2D eigenvalue weighted by atomic mass is 79.9. The number of imide groups is 2. The van der Waals surface area contributed by atoms with Gasteiger partial charge in [0.1, 0.15) is 5.57 Å². The summed E-state index contributed by atoms with van der Waals surface area (Å²) in [4.78, 5) is 39.9. The Kier molecular flexibility index (Phi) is 6.67. The number of anilines is 1. The van der Waals surface area contributed by atoms with Gasteiger partial charge in [0.05, 0.1) is 15.7 Å². The highest BCUT2D eigenvalue weighted by molar-refractivity contribution is 9.10. The van der Waals surface area contributed by atoms with Crippen molar-refractivity contribution < 1.29 is 14.4 Å². The fourth-order valence-corrected chi connectivity index (χ4v) is 4.89. The molecule has 0 saturated carbocycles. The van der Waals surface area contributed by atoms with E-state index in [1.165, 1.54) is 18.2 Å². The van der Waals surface area contributed by atoms with Crippen molar-refractivity contribution in [1.82, 2.24) is 5.32 Å². The molecule has 4 amide bonds. The molecule has 1 heterocycles. The Labute approximate surface area is 225 Å². The standard InChI is InChI=1S/C28H17BrCl2N2O3/c29-23-8-4-2-6-18(23)13-17-10-9-16-5-1-3-7-20(16)21(17)15-22-26(34)32-28(36)33(27(22)35)19-11-12-24(30)25(31)14-19/h1-12,14-15H,13H2,(H,32,34,36)/b22-15+. The second-order valence-corrected chi connectivity index (χ2v) is 9.85. The van der Waals surface area contributed by atoms with E-state index in [0.717, 1.165) is 36.8 Å². The smallest absolute Gasteiger partial charge is 0.273 e. The number of rotatable bonds is 4. The predicted molar refractivity (Wildman–Crippen MR) is 146 cm³/mol. The van der Waals surface area contributed by atoms with Crippen LogP contribution in [0.25, 0.3) is 16.8 Å². The number of hydrogen-bond acceptors (Lipinski definition) is 3. The van der Waals surface area contributed by atoms with Gasteiger partial charge < -0.3 is 0 Å². The van der Waals surface area contributed by atoms with Crippen molar-refractivity contribution in [3.63, 3.8) is 0 Å². The molecule has 0 bridgehead atoms.